The Kier molecular flexibility index (Phi) is 4.94. The molecule has 2 heterocycles. The summed E-state index contributed by atoms with van der Waals surface area (Å²) >= 11 is 0. The number of furan rings is 1. The summed E-state index contributed by atoms with van der Waals surface area (Å²) in [5.41, 5.74) is 0.684. The lowest BCUT2D eigenvalue weighted by Gasteiger charge is -2.18. The van der Waals surface area contributed by atoms with E-state index in [1.807, 2.05) is 25.1 Å². The highest BCUT2D eigenvalue weighted by Crippen LogP contribution is 2.16. The number of aryl methyl sites for hydroxylation is 1. The van der Waals surface area contributed by atoms with Crippen molar-refractivity contribution in [3.63, 3.8) is 0 Å². The third-order valence-corrected chi connectivity index (χ3v) is 3.59. The van der Waals surface area contributed by atoms with Gasteiger partial charge < -0.3 is 15.1 Å². The van der Waals surface area contributed by atoms with E-state index in [9.17, 15) is 9.59 Å². The second kappa shape index (κ2) is 7.48. The predicted octanol–water partition coefficient (Wildman–Crippen LogP) is 2.35. The number of benzene rings is 1. The molecular formula is C18H18N4O3. The second-order valence-corrected chi connectivity index (χ2v) is 5.56. The Labute approximate surface area is 144 Å². The fourth-order valence-corrected chi connectivity index (χ4v) is 2.43. The van der Waals surface area contributed by atoms with Crippen LogP contribution in [0.25, 0.3) is 0 Å². The lowest BCUT2D eigenvalue weighted by molar-refractivity contribution is -0.126. The topological polar surface area (TPSA) is 100 Å². The van der Waals surface area contributed by atoms with Crippen LogP contribution in [0.1, 0.15) is 23.1 Å². The van der Waals surface area contributed by atoms with Crippen LogP contribution in [-0.2, 0) is 16.0 Å². The van der Waals surface area contributed by atoms with Gasteiger partial charge in [-0.15, -0.1) is 0 Å². The Morgan fingerprint density at radius 1 is 1.16 bits per heavy atom. The second-order valence-electron chi connectivity index (χ2n) is 5.56. The molecule has 0 fully saturated rings. The van der Waals surface area contributed by atoms with Crippen LogP contribution in [0.15, 0.2) is 59.1 Å². The van der Waals surface area contributed by atoms with Gasteiger partial charge in [0.15, 0.2) is 0 Å². The van der Waals surface area contributed by atoms with E-state index in [4.69, 9.17) is 4.42 Å². The van der Waals surface area contributed by atoms with Gasteiger partial charge in [0.05, 0.1) is 12.6 Å². The van der Waals surface area contributed by atoms with Crippen molar-refractivity contribution in [1.82, 2.24) is 15.5 Å². The SMILES string of the molecule is Cc1ccc(CC(=O)N[C@@H](C(=O)Nc2ccn[nH]2)c2ccccc2)o1. The van der Waals surface area contributed by atoms with Crippen LogP contribution in [0.3, 0.4) is 0 Å². The molecule has 0 saturated heterocycles. The molecule has 3 N–H and O–H groups in total. The third kappa shape index (κ3) is 4.35. The van der Waals surface area contributed by atoms with Gasteiger partial charge in [-0.2, -0.15) is 5.10 Å². The molecule has 0 aliphatic rings. The zero-order valence-electron chi connectivity index (χ0n) is 13.7. The Morgan fingerprint density at radius 3 is 2.60 bits per heavy atom. The maximum absolute atomic E-state index is 12.6. The third-order valence-electron chi connectivity index (χ3n) is 3.59. The first kappa shape index (κ1) is 16.5. The normalized spacial score (nSPS) is 11.7. The van der Waals surface area contributed by atoms with Crippen molar-refractivity contribution >= 4 is 17.6 Å². The Hall–Kier alpha value is -3.35. The van der Waals surface area contributed by atoms with Crippen molar-refractivity contribution in [2.45, 2.75) is 19.4 Å². The van der Waals surface area contributed by atoms with Gasteiger partial charge in [-0.25, -0.2) is 0 Å². The first-order valence-electron chi connectivity index (χ1n) is 7.81. The molecule has 0 radical (unpaired) electrons. The van der Waals surface area contributed by atoms with Crippen molar-refractivity contribution in [1.29, 1.82) is 0 Å². The van der Waals surface area contributed by atoms with Crippen LogP contribution in [0.2, 0.25) is 0 Å². The molecule has 2 aromatic heterocycles. The van der Waals surface area contributed by atoms with Crippen molar-refractivity contribution in [2.24, 2.45) is 0 Å². The number of hydrogen-bond donors (Lipinski definition) is 3. The van der Waals surface area contributed by atoms with E-state index >= 15 is 0 Å². The maximum atomic E-state index is 12.6. The highest BCUT2D eigenvalue weighted by atomic mass is 16.3. The minimum Gasteiger partial charge on any atom is -0.466 e. The average Bonchev–Trinajstić information content (AvgIpc) is 3.25. The molecule has 1 aromatic carbocycles. The summed E-state index contributed by atoms with van der Waals surface area (Å²) in [7, 11) is 0. The monoisotopic (exact) mass is 338 g/mol. The molecule has 0 spiro atoms. The van der Waals surface area contributed by atoms with Gasteiger partial charge in [-0.1, -0.05) is 30.3 Å². The number of amides is 2. The first-order chi connectivity index (χ1) is 12.1. The van der Waals surface area contributed by atoms with Crippen molar-refractivity contribution in [3.05, 3.63) is 71.8 Å². The van der Waals surface area contributed by atoms with Gasteiger partial charge in [0.2, 0.25) is 5.91 Å². The molecule has 0 saturated carbocycles. The standard InChI is InChI=1S/C18H18N4O3/c1-12-7-8-14(25-12)11-16(23)21-17(13-5-3-2-4-6-13)18(24)20-15-9-10-19-22-15/h2-10,17H,11H2,1H3,(H,21,23)(H2,19,20,22,24)/t17-/m1/s1. The van der Waals surface area contributed by atoms with E-state index < -0.39 is 6.04 Å². The van der Waals surface area contributed by atoms with E-state index in [0.29, 0.717) is 17.1 Å². The van der Waals surface area contributed by atoms with Gasteiger partial charge in [0, 0.05) is 6.07 Å². The van der Waals surface area contributed by atoms with Gasteiger partial charge in [-0.3, -0.25) is 14.7 Å². The fraction of sp³-hybridized carbons (Fsp3) is 0.167. The molecule has 25 heavy (non-hydrogen) atoms. The number of hydrogen-bond acceptors (Lipinski definition) is 4. The molecule has 128 valence electrons. The number of H-pyrrole nitrogens is 1. The van der Waals surface area contributed by atoms with Crippen molar-refractivity contribution in [3.8, 4) is 0 Å². The number of aromatic nitrogens is 2. The number of aromatic amines is 1. The summed E-state index contributed by atoms with van der Waals surface area (Å²) in [5.74, 6) is 1.08. The highest BCUT2D eigenvalue weighted by molar-refractivity contribution is 5.97. The average molecular weight is 338 g/mol. The van der Waals surface area contributed by atoms with Gasteiger partial charge in [0.1, 0.15) is 23.4 Å². The number of carbonyl (C=O) groups is 2. The van der Waals surface area contributed by atoms with Crippen LogP contribution in [0.4, 0.5) is 5.82 Å². The summed E-state index contributed by atoms with van der Waals surface area (Å²) in [6.07, 6.45) is 1.60. The lowest BCUT2D eigenvalue weighted by atomic mass is 10.1. The first-order valence-corrected chi connectivity index (χ1v) is 7.81. The van der Waals surface area contributed by atoms with Crippen LogP contribution >= 0.6 is 0 Å². The predicted molar refractivity (Wildman–Crippen MR) is 91.7 cm³/mol. The summed E-state index contributed by atoms with van der Waals surface area (Å²) in [4.78, 5) is 24.9. The molecular weight excluding hydrogens is 320 g/mol. The molecule has 0 unspecified atom stereocenters. The quantitative estimate of drug-likeness (QED) is 0.642. The van der Waals surface area contributed by atoms with Crippen LogP contribution in [0, 0.1) is 6.92 Å². The lowest BCUT2D eigenvalue weighted by Crippen LogP contribution is -2.37. The number of nitrogens with zero attached hydrogens (tertiary/aromatic N) is 1. The van der Waals surface area contributed by atoms with Gasteiger partial charge >= 0.3 is 0 Å². The largest absolute Gasteiger partial charge is 0.466 e. The molecule has 0 aliphatic carbocycles. The number of carbonyl (C=O) groups excluding carboxylic acids is 2. The zero-order chi connectivity index (χ0) is 17.6. The van der Waals surface area contributed by atoms with Gasteiger partial charge in [-0.05, 0) is 24.6 Å². The summed E-state index contributed by atoms with van der Waals surface area (Å²) in [6, 6.07) is 13.4. The molecule has 7 heteroatoms. The number of rotatable bonds is 6. The molecule has 0 aliphatic heterocycles. The molecule has 7 nitrogen and oxygen atoms in total. The van der Waals surface area contributed by atoms with Crippen molar-refractivity contribution in [2.75, 3.05) is 5.32 Å². The van der Waals surface area contributed by atoms with E-state index in [1.165, 1.54) is 6.20 Å². The Balaban J connectivity index is 1.74. The van der Waals surface area contributed by atoms with Crippen LogP contribution in [-0.4, -0.2) is 22.0 Å². The van der Waals surface area contributed by atoms with E-state index in [-0.39, 0.29) is 18.2 Å². The summed E-state index contributed by atoms with van der Waals surface area (Å²) in [6.45, 7) is 1.81. The fourth-order valence-electron chi connectivity index (χ4n) is 2.43. The van der Waals surface area contributed by atoms with Crippen LogP contribution < -0.4 is 10.6 Å². The summed E-state index contributed by atoms with van der Waals surface area (Å²) < 4.78 is 5.41. The van der Waals surface area contributed by atoms with E-state index in [2.05, 4.69) is 20.8 Å². The number of nitrogens with one attached hydrogen (secondary N) is 3. The minimum absolute atomic E-state index is 0.0640. The molecule has 1 atom stereocenters. The smallest absolute Gasteiger partial charge is 0.252 e. The maximum Gasteiger partial charge on any atom is 0.252 e. The summed E-state index contributed by atoms with van der Waals surface area (Å²) in [5, 5.41) is 11.9. The molecule has 3 rings (SSSR count). The molecule has 0 bridgehead atoms. The Morgan fingerprint density at radius 2 is 1.96 bits per heavy atom. The van der Waals surface area contributed by atoms with Crippen LogP contribution in [0.5, 0.6) is 0 Å². The van der Waals surface area contributed by atoms with Crippen molar-refractivity contribution < 1.29 is 14.0 Å². The van der Waals surface area contributed by atoms with E-state index in [0.717, 1.165) is 5.76 Å². The van der Waals surface area contributed by atoms with Gasteiger partial charge in [0.25, 0.3) is 5.91 Å². The highest BCUT2D eigenvalue weighted by Gasteiger charge is 2.23. The molecule has 2 amide bonds. The minimum atomic E-state index is -0.826. The van der Waals surface area contributed by atoms with E-state index in [1.54, 1.807) is 30.3 Å². The number of anilines is 1. The zero-order valence-corrected chi connectivity index (χ0v) is 13.7. The molecule has 3 aromatic rings. The Bertz CT molecular complexity index is 840.